The molecular weight excluding hydrogens is 407 g/mol. The summed E-state index contributed by atoms with van der Waals surface area (Å²) >= 11 is 0. The Morgan fingerprint density at radius 1 is 1.17 bits per heavy atom. The van der Waals surface area contributed by atoms with E-state index >= 15 is 0 Å². The molecule has 1 aromatic carbocycles. The first-order chi connectivity index (χ1) is 10.6. The van der Waals surface area contributed by atoms with E-state index in [2.05, 4.69) is 22.5 Å². The number of nitrogens with zero attached hydrogens (tertiary/aromatic N) is 1. The fraction of sp³-hybridized carbons (Fsp3) is 0.500. The van der Waals surface area contributed by atoms with E-state index in [9.17, 15) is 9.90 Å². The Morgan fingerprint density at radius 2 is 1.87 bits per heavy atom. The summed E-state index contributed by atoms with van der Waals surface area (Å²) in [5, 5.41) is 15.2. The molecule has 0 aliphatic heterocycles. The molecule has 0 radical (unpaired) electrons. The lowest BCUT2D eigenvalue weighted by Crippen LogP contribution is -2.38. The number of phenolic OH excluding ortho intramolecular Hbond substituents is 1. The van der Waals surface area contributed by atoms with Crippen LogP contribution in [0.1, 0.15) is 43.0 Å². The number of para-hydroxylation sites is 1. The second-order valence-electron chi connectivity index (χ2n) is 5.03. The molecule has 0 aliphatic rings. The van der Waals surface area contributed by atoms with Crippen molar-refractivity contribution in [1.82, 2.24) is 10.6 Å². The third-order valence-electron chi connectivity index (χ3n) is 3.16. The van der Waals surface area contributed by atoms with Crippen LogP contribution in [-0.2, 0) is 0 Å². The molecule has 0 atom stereocenters. The van der Waals surface area contributed by atoms with Crippen molar-refractivity contribution in [3.8, 4) is 5.75 Å². The van der Waals surface area contributed by atoms with Crippen LogP contribution in [0, 0.1) is 0 Å². The maximum atomic E-state index is 11.8. The van der Waals surface area contributed by atoms with Gasteiger partial charge in [0.1, 0.15) is 5.75 Å². The number of amides is 1. The molecular formula is C16H27IN4O2. The topological polar surface area (TPSA) is 99.7 Å². The lowest BCUT2D eigenvalue weighted by Gasteiger charge is -2.08. The summed E-state index contributed by atoms with van der Waals surface area (Å²) in [7, 11) is 0. The molecule has 0 spiro atoms. The van der Waals surface area contributed by atoms with Crippen LogP contribution in [-0.4, -0.2) is 36.6 Å². The summed E-state index contributed by atoms with van der Waals surface area (Å²) in [6, 6.07) is 6.43. The van der Waals surface area contributed by atoms with E-state index in [-0.39, 0.29) is 41.2 Å². The molecule has 23 heavy (non-hydrogen) atoms. The molecule has 0 aliphatic carbocycles. The van der Waals surface area contributed by atoms with Gasteiger partial charge in [0.25, 0.3) is 5.91 Å². The average molecular weight is 434 g/mol. The molecule has 0 bridgehead atoms. The summed E-state index contributed by atoms with van der Waals surface area (Å²) < 4.78 is 0. The number of carbonyl (C=O) groups is 1. The first-order valence-corrected chi connectivity index (χ1v) is 7.75. The van der Waals surface area contributed by atoms with E-state index in [1.807, 2.05) is 0 Å². The molecule has 7 heteroatoms. The van der Waals surface area contributed by atoms with Crippen molar-refractivity contribution in [1.29, 1.82) is 0 Å². The predicted octanol–water partition coefficient (Wildman–Crippen LogP) is 2.22. The minimum Gasteiger partial charge on any atom is -0.507 e. The van der Waals surface area contributed by atoms with Gasteiger partial charge in [-0.05, 0) is 18.6 Å². The van der Waals surface area contributed by atoms with Crippen molar-refractivity contribution in [2.75, 3.05) is 19.6 Å². The number of phenols is 1. The smallest absolute Gasteiger partial charge is 0.255 e. The van der Waals surface area contributed by atoms with Crippen LogP contribution in [0.5, 0.6) is 5.75 Å². The van der Waals surface area contributed by atoms with E-state index in [0.29, 0.717) is 19.0 Å². The fourth-order valence-electron chi connectivity index (χ4n) is 1.92. The van der Waals surface area contributed by atoms with Crippen molar-refractivity contribution < 1.29 is 9.90 Å². The third-order valence-corrected chi connectivity index (χ3v) is 3.16. The van der Waals surface area contributed by atoms with Crippen molar-refractivity contribution in [2.24, 2.45) is 10.7 Å². The van der Waals surface area contributed by atoms with Gasteiger partial charge in [-0.15, -0.1) is 24.0 Å². The molecule has 1 aromatic rings. The number of carbonyl (C=O) groups excluding carboxylic acids is 1. The molecule has 1 rings (SSSR count). The molecule has 0 saturated carbocycles. The fourth-order valence-corrected chi connectivity index (χ4v) is 1.92. The lowest BCUT2D eigenvalue weighted by atomic mass is 10.2. The van der Waals surface area contributed by atoms with E-state index in [1.165, 1.54) is 25.3 Å². The number of aliphatic imine (C=N–C) groups is 1. The number of halogens is 1. The normalized spacial score (nSPS) is 10.7. The molecule has 5 N–H and O–H groups in total. The molecule has 0 unspecified atom stereocenters. The maximum absolute atomic E-state index is 11.8. The lowest BCUT2D eigenvalue weighted by molar-refractivity contribution is 0.0951. The Morgan fingerprint density at radius 3 is 2.57 bits per heavy atom. The van der Waals surface area contributed by atoms with E-state index in [1.54, 1.807) is 18.2 Å². The highest BCUT2D eigenvalue weighted by Gasteiger charge is 2.08. The van der Waals surface area contributed by atoms with Crippen molar-refractivity contribution >= 4 is 35.8 Å². The zero-order valence-electron chi connectivity index (χ0n) is 13.5. The standard InChI is InChI=1S/C16H26N4O2.HI/c1-2-3-4-7-10-19-16(17)20-12-11-18-15(22)13-8-5-6-9-14(13)21;/h5-6,8-9,21H,2-4,7,10-12H2,1H3,(H,18,22)(H3,17,19,20);1H. The molecule has 0 saturated heterocycles. The molecule has 130 valence electrons. The minimum atomic E-state index is -0.310. The monoisotopic (exact) mass is 434 g/mol. The SMILES string of the molecule is CCCCCCN=C(N)NCCNC(=O)c1ccccc1O.I. The first-order valence-electron chi connectivity index (χ1n) is 7.75. The predicted molar refractivity (Wildman–Crippen MR) is 104 cm³/mol. The summed E-state index contributed by atoms with van der Waals surface area (Å²) in [5.41, 5.74) is 5.99. The second kappa shape index (κ2) is 13.0. The zero-order valence-corrected chi connectivity index (χ0v) is 15.9. The van der Waals surface area contributed by atoms with Crippen molar-refractivity contribution in [3.63, 3.8) is 0 Å². The number of guanidine groups is 1. The first kappa shape index (κ1) is 21.5. The Bertz CT molecular complexity index is 495. The maximum Gasteiger partial charge on any atom is 0.255 e. The minimum absolute atomic E-state index is 0. The van der Waals surface area contributed by atoms with Crippen LogP contribution in [0.2, 0.25) is 0 Å². The highest BCUT2D eigenvalue weighted by molar-refractivity contribution is 14.0. The zero-order chi connectivity index (χ0) is 16.2. The van der Waals surface area contributed by atoms with Crippen LogP contribution in [0.3, 0.4) is 0 Å². The van der Waals surface area contributed by atoms with Crippen LogP contribution < -0.4 is 16.4 Å². The number of rotatable bonds is 9. The van der Waals surface area contributed by atoms with Gasteiger partial charge in [-0.1, -0.05) is 38.3 Å². The highest BCUT2D eigenvalue weighted by atomic mass is 127. The van der Waals surface area contributed by atoms with Crippen molar-refractivity contribution in [2.45, 2.75) is 32.6 Å². The number of nitrogens with one attached hydrogen (secondary N) is 2. The average Bonchev–Trinajstić information content (AvgIpc) is 2.51. The van der Waals surface area contributed by atoms with E-state index < -0.39 is 0 Å². The van der Waals surface area contributed by atoms with Gasteiger partial charge in [0.2, 0.25) is 0 Å². The largest absolute Gasteiger partial charge is 0.507 e. The Hall–Kier alpha value is -1.51. The van der Waals surface area contributed by atoms with Crippen LogP contribution >= 0.6 is 24.0 Å². The number of nitrogens with two attached hydrogens (primary N) is 1. The van der Waals surface area contributed by atoms with Gasteiger partial charge in [-0.2, -0.15) is 0 Å². The Labute approximate surface area is 155 Å². The van der Waals surface area contributed by atoms with Crippen molar-refractivity contribution in [3.05, 3.63) is 29.8 Å². The quantitative estimate of drug-likeness (QED) is 0.207. The summed E-state index contributed by atoms with van der Waals surface area (Å²) in [6.07, 6.45) is 4.64. The van der Waals surface area contributed by atoms with Gasteiger partial charge in [0.05, 0.1) is 5.56 Å². The summed E-state index contributed by atoms with van der Waals surface area (Å²) in [6.45, 7) is 3.79. The molecule has 0 heterocycles. The third kappa shape index (κ3) is 9.27. The number of unbranched alkanes of at least 4 members (excludes halogenated alkanes) is 3. The molecule has 0 aromatic heterocycles. The summed E-state index contributed by atoms with van der Waals surface area (Å²) in [4.78, 5) is 16.0. The van der Waals surface area contributed by atoms with Gasteiger partial charge in [-0.3, -0.25) is 9.79 Å². The van der Waals surface area contributed by atoms with E-state index in [0.717, 1.165) is 13.0 Å². The van der Waals surface area contributed by atoms with E-state index in [4.69, 9.17) is 5.73 Å². The van der Waals surface area contributed by atoms with Gasteiger partial charge in [-0.25, -0.2) is 0 Å². The Kier molecular flexibility index (Phi) is 12.1. The highest BCUT2D eigenvalue weighted by Crippen LogP contribution is 2.14. The van der Waals surface area contributed by atoms with Crippen LogP contribution in [0.15, 0.2) is 29.3 Å². The van der Waals surface area contributed by atoms with Gasteiger partial charge in [0.15, 0.2) is 5.96 Å². The van der Waals surface area contributed by atoms with Gasteiger partial charge in [0, 0.05) is 19.6 Å². The molecule has 1 amide bonds. The molecule has 6 nitrogen and oxygen atoms in total. The van der Waals surface area contributed by atoms with Gasteiger partial charge < -0.3 is 21.5 Å². The van der Waals surface area contributed by atoms with Crippen LogP contribution in [0.4, 0.5) is 0 Å². The second-order valence-corrected chi connectivity index (χ2v) is 5.03. The number of benzene rings is 1. The number of hydrogen-bond donors (Lipinski definition) is 4. The van der Waals surface area contributed by atoms with Crippen LogP contribution in [0.25, 0.3) is 0 Å². The Balaban J connectivity index is 0.00000484. The summed E-state index contributed by atoms with van der Waals surface area (Å²) in [5.74, 6) is 0.0596. The number of aromatic hydroxyl groups is 1. The molecule has 0 fully saturated rings. The number of hydrogen-bond acceptors (Lipinski definition) is 3. The van der Waals surface area contributed by atoms with Gasteiger partial charge >= 0.3 is 0 Å².